The van der Waals surface area contributed by atoms with E-state index < -0.39 is 23.0 Å². The van der Waals surface area contributed by atoms with Gasteiger partial charge in [-0.3, -0.25) is 9.59 Å². The van der Waals surface area contributed by atoms with E-state index in [1.54, 1.807) is 19.9 Å². The molecule has 3 heterocycles. The number of carbonyl (C=O) groups is 2. The number of cyclic esters (lactones) is 2. The Kier molecular flexibility index (Phi) is 3.96. The molecule has 0 saturated carbocycles. The second-order valence-electron chi connectivity index (χ2n) is 6.94. The van der Waals surface area contributed by atoms with Gasteiger partial charge in [-0.15, -0.1) is 11.3 Å². The smallest absolute Gasteiger partial charge is 0.324 e. The van der Waals surface area contributed by atoms with E-state index in [4.69, 9.17) is 21.1 Å². The van der Waals surface area contributed by atoms with Gasteiger partial charge >= 0.3 is 11.9 Å². The third kappa shape index (κ3) is 2.66. The monoisotopic (exact) mass is 392 g/mol. The second-order valence-corrected chi connectivity index (χ2v) is 8.21. The van der Waals surface area contributed by atoms with Crippen molar-refractivity contribution in [2.45, 2.75) is 38.4 Å². The summed E-state index contributed by atoms with van der Waals surface area (Å²) in [6.07, 6.45) is 0.289. The number of benzene rings is 1. The number of halogens is 1. The summed E-state index contributed by atoms with van der Waals surface area (Å²) < 4.78 is 10.8. The van der Waals surface area contributed by atoms with Crippen molar-refractivity contribution in [1.82, 2.24) is 4.98 Å². The number of nitrogens with zero attached hydrogens (tertiary/aromatic N) is 1. The summed E-state index contributed by atoms with van der Waals surface area (Å²) in [6.45, 7) is 3.56. The molecule has 2 aliphatic heterocycles. The first-order valence-corrected chi connectivity index (χ1v) is 9.50. The van der Waals surface area contributed by atoms with Crippen LogP contribution in [0.4, 0.5) is 10.8 Å². The molecule has 1 aromatic heterocycles. The standard InChI is InChI=1S/C18H17ClN2O4S/c1-10-7-18(14(22)24-10)9-17(2,25-15(18)23)13-8-26-16(21-13)20-12-6-4-3-5-11(12)19/h3-6,8,10H,7,9H2,1-2H3,(H,20,21)/t10-,17-,18-/m0/s1. The van der Waals surface area contributed by atoms with Crippen LogP contribution in [0.2, 0.25) is 5.02 Å². The van der Waals surface area contributed by atoms with Crippen LogP contribution in [0.15, 0.2) is 29.6 Å². The van der Waals surface area contributed by atoms with Crippen molar-refractivity contribution >= 4 is 45.7 Å². The molecular formula is C18H17ClN2O4S. The van der Waals surface area contributed by atoms with E-state index in [1.165, 1.54) is 11.3 Å². The zero-order valence-corrected chi connectivity index (χ0v) is 15.8. The van der Waals surface area contributed by atoms with Crippen LogP contribution >= 0.6 is 22.9 Å². The Labute approximate surface area is 159 Å². The minimum Gasteiger partial charge on any atom is -0.462 e. The molecule has 2 fully saturated rings. The summed E-state index contributed by atoms with van der Waals surface area (Å²) >= 11 is 7.54. The molecule has 2 aromatic rings. The van der Waals surface area contributed by atoms with Crippen LogP contribution in [-0.4, -0.2) is 23.0 Å². The first-order chi connectivity index (χ1) is 12.3. The van der Waals surface area contributed by atoms with Crippen molar-refractivity contribution in [3.05, 3.63) is 40.4 Å². The van der Waals surface area contributed by atoms with Gasteiger partial charge in [0.15, 0.2) is 16.1 Å². The van der Waals surface area contributed by atoms with Gasteiger partial charge in [0, 0.05) is 18.2 Å². The number of aromatic nitrogens is 1. The van der Waals surface area contributed by atoms with Gasteiger partial charge in [0.1, 0.15) is 6.10 Å². The highest BCUT2D eigenvalue weighted by molar-refractivity contribution is 7.13. The Morgan fingerprint density at radius 3 is 2.77 bits per heavy atom. The molecule has 6 nitrogen and oxygen atoms in total. The van der Waals surface area contributed by atoms with E-state index in [-0.39, 0.29) is 12.5 Å². The van der Waals surface area contributed by atoms with E-state index in [1.807, 2.05) is 23.6 Å². The van der Waals surface area contributed by atoms with Gasteiger partial charge in [-0.2, -0.15) is 0 Å². The highest BCUT2D eigenvalue weighted by Crippen LogP contribution is 2.52. The molecule has 1 aromatic carbocycles. The molecule has 1 spiro atoms. The van der Waals surface area contributed by atoms with Crippen molar-refractivity contribution in [3.63, 3.8) is 0 Å². The minimum absolute atomic E-state index is 0.233. The maximum Gasteiger partial charge on any atom is 0.324 e. The van der Waals surface area contributed by atoms with Gasteiger partial charge < -0.3 is 14.8 Å². The molecule has 0 unspecified atom stereocenters. The molecule has 0 radical (unpaired) electrons. The summed E-state index contributed by atoms with van der Waals surface area (Å²) in [5, 5.41) is 6.21. The average molecular weight is 393 g/mol. The molecule has 136 valence electrons. The zero-order chi connectivity index (χ0) is 18.5. The summed E-state index contributed by atoms with van der Waals surface area (Å²) in [5.41, 5.74) is -0.825. The maximum atomic E-state index is 12.5. The first kappa shape index (κ1) is 17.3. The molecule has 2 saturated heterocycles. The normalized spacial score (nSPS) is 30.5. The van der Waals surface area contributed by atoms with Crippen LogP contribution in [0.1, 0.15) is 32.4 Å². The van der Waals surface area contributed by atoms with Gasteiger partial charge in [0.05, 0.1) is 16.4 Å². The fraction of sp³-hybridized carbons (Fsp3) is 0.389. The first-order valence-electron chi connectivity index (χ1n) is 8.24. The minimum atomic E-state index is -1.21. The molecule has 1 N–H and O–H groups in total. The molecule has 4 rings (SSSR count). The number of esters is 2. The highest BCUT2D eigenvalue weighted by atomic mass is 35.5. The van der Waals surface area contributed by atoms with E-state index in [0.717, 1.165) is 5.69 Å². The molecule has 8 heteroatoms. The molecule has 0 aliphatic carbocycles. The largest absolute Gasteiger partial charge is 0.462 e. The lowest BCUT2D eigenvalue weighted by Crippen LogP contribution is -2.31. The van der Waals surface area contributed by atoms with Crippen LogP contribution in [-0.2, 0) is 24.7 Å². The number of hydrogen-bond donors (Lipinski definition) is 1. The fourth-order valence-corrected chi connectivity index (χ4v) is 4.63. The maximum absolute atomic E-state index is 12.5. The zero-order valence-electron chi connectivity index (χ0n) is 14.2. The number of carbonyl (C=O) groups excluding carboxylic acids is 2. The molecular weight excluding hydrogens is 376 g/mol. The molecule has 0 bridgehead atoms. The quantitative estimate of drug-likeness (QED) is 0.627. The lowest BCUT2D eigenvalue weighted by Gasteiger charge is -2.20. The van der Waals surface area contributed by atoms with Crippen molar-refractivity contribution in [2.24, 2.45) is 5.41 Å². The second kappa shape index (κ2) is 5.96. The average Bonchev–Trinajstić information content (AvgIpc) is 3.22. The van der Waals surface area contributed by atoms with E-state index in [9.17, 15) is 9.59 Å². The van der Waals surface area contributed by atoms with Gasteiger partial charge in [0.2, 0.25) is 0 Å². The number of para-hydroxylation sites is 1. The predicted octanol–water partition coefficient (Wildman–Crippen LogP) is 4.02. The molecule has 3 atom stereocenters. The van der Waals surface area contributed by atoms with E-state index in [0.29, 0.717) is 22.3 Å². The molecule has 26 heavy (non-hydrogen) atoms. The number of anilines is 2. The SMILES string of the molecule is C[C@H]1C[C@]2(C[C@@](C)(c3csc(Nc4ccccc4Cl)n3)OC2=O)C(=O)O1. The Balaban J connectivity index is 1.59. The molecule has 2 aliphatic rings. The van der Waals surface area contributed by atoms with Crippen LogP contribution in [0.3, 0.4) is 0 Å². The van der Waals surface area contributed by atoms with Gasteiger partial charge in [0.25, 0.3) is 0 Å². The third-order valence-electron chi connectivity index (χ3n) is 4.84. The van der Waals surface area contributed by atoms with Crippen LogP contribution in [0.25, 0.3) is 0 Å². The third-order valence-corrected chi connectivity index (χ3v) is 5.93. The van der Waals surface area contributed by atoms with Crippen molar-refractivity contribution in [1.29, 1.82) is 0 Å². The van der Waals surface area contributed by atoms with E-state index in [2.05, 4.69) is 10.3 Å². The van der Waals surface area contributed by atoms with Crippen LogP contribution in [0, 0.1) is 5.41 Å². The van der Waals surface area contributed by atoms with Crippen molar-refractivity contribution in [2.75, 3.05) is 5.32 Å². The lowest BCUT2D eigenvalue weighted by molar-refractivity contribution is -0.160. The van der Waals surface area contributed by atoms with Gasteiger partial charge in [-0.25, -0.2) is 4.98 Å². The van der Waals surface area contributed by atoms with Crippen LogP contribution < -0.4 is 5.32 Å². The Morgan fingerprint density at radius 2 is 2.08 bits per heavy atom. The predicted molar refractivity (Wildman–Crippen MR) is 97.5 cm³/mol. The summed E-state index contributed by atoms with van der Waals surface area (Å²) in [6, 6.07) is 7.36. The summed E-state index contributed by atoms with van der Waals surface area (Å²) in [5.74, 6) is -1.02. The Morgan fingerprint density at radius 1 is 1.31 bits per heavy atom. The number of rotatable bonds is 3. The Bertz CT molecular complexity index is 901. The van der Waals surface area contributed by atoms with Crippen molar-refractivity contribution < 1.29 is 19.1 Å². The topological polar surface area (TPSA) is 77.5 Å². The number of thiazole rings is 1. The van der Waals surface area contributed by atoms with Gasteiger partial charge in [-0.05, 0) is 26.0 Å². The Hall–Kier alpha value is -2.12. The molecule has 0 amide bonds. The highest BCUT2D eigenvalue weighted by Gasteiger charge is 2.65. The van der Waals surface area contributed by atoms with Crippen LogP contribution in [0.5, 0.6) is 0 Å². The van der Waals surface area contributed by atoms with Crippen molar-refractivity contribution in [3.8, 4) is 0 Å². The lowest BCUT2D eigenvalue weighted by atomic mass is 9.78. The van der Waals surface area contributed by atoms with Gasteiger partial charge in [-0.1, -0.05) is 23.7 Å². The number of hydrogen-bond acceptors (Lipinski definition) is 7. The van der Waals surface area contributed by atoms with E-state index >= 15 is 0 Å². The fourth-order valence-electron chi connectivity index (χ4n) is 3.60. The summed E-state index contributed by atoms with van der Waals surface area (Å²) in [7, 11) is 0. The summed E-state index contributed by atoms with van der Waals surface area (Å²) in [4.78, 5) is 29.3. The number of nitrogens with one attached hydrogen (secondary N) is 1. The number of ether oxygens (including phenoxy) is 2.